The Hall–Kier alpha value is -2.32. The summed E-state index contributed by atoms with van der Waals surface area (Å²) in [6.45, 7) is 2.76. The van der Waals surface area contributed by atoms with Gasteiger partial charge in [-0.2, -0.15) is 0 Å². The molecule has 0 saturated carbocycles. The van der Waals surface area contributed by atoms with E-state index in [4.69, 9.17) is 9.26 Å². The molecule has 3 heterocycles. The molecule has 0 spiro atoms. The molecule has 3 aromatic rings. The molecular formula is C17H16FN3O3S. The Morgan fingerprint density at radius 3 is 3.04 bits per heavy atom. The maximum absolute atomic E-state index is 14.0. The van der Waals surface area contributed by atoms with Gasteiger partial charge in [0.2, 0.25) is 0 Å². The number of amides is 1. The average Bonchev–Trinajstić information content (AvgIpc) is 3.32. The van der Waals surface area contributed by atoms with E-state index in [0.717, 1.165) is 12.8 Å². The van der Waals surface area contributed by atoms with Crippen LogP contribution in [0.25, 0.3) is 10.2 Å². The highest BCUT2D eigenvalue weighted by Gasteiger charge is 2.29. The molecule has 1 amide bonds. The lowest BCUT2D eigenvalue weighted by Gasteiger charge is -2.21. The van der Waals surface area contributed by atoms with Crippen molar-refractivity contribution in [2.24, 2.45) is 0 Å². The molecule has 25 heavy (non-hydrogen) atoms. The summed E-state index contributed by atoms with van der Waals surface area (Å²) in [4.78, 5) is 18.8. The van der Waals surface area contributed by atoms with Crippen LogP contribution < -0.4 is 4.90 Å². The third kappa shape index (κ3) is 3.14. The zero-order valence-corrected chi connectivity index (χ0v) is 14.4. The monoisotopic (exact) mass is 361 g/mol. The highest BCUT2D eigenvalue weighted by molar-refractivity contribution is 7.22. The number of hydrogen-bond donors (Lipinski definition) is 0. The van der Waals surface area contributed by atoms with Crippen LogP contribution >= 0.6 is 11.3 Å². The van der Waals surface area contributed by atoms with Crippen LogP contribution in [0, 0.1) is 12.7 Å². The van der Waals surface area contributed by atoms with Crippen LogP contribution in [-0.4, -0.2) is 35.3 Å². The predicted octanol–water partition coefficient (Wildman–Crippen LogP) is 3.56. The first-order valence-corrected chi connectivity index (χ1v) is 8.85. The van der Waals surface area contributed by atoms with Gasteiger partial charge in [0.25, 0.3) is 5.91 Å². The second-order valence-corrected chi connectivity index (χ2v) is 6.97. The summed E-state index contributed by atoms with van der Waals surface area (Å²) in [6, 6.07) is 6.36. The molecule has 4 rings (SSSR count). The minimum atomic E-state index is -0.401. The van der Waals surface area contributed by atoms with Crippen molar-refractivity contribution in [3.63, 3.8) is 0 Å². The molecule has 6 nitrogen and oxygen atoms in total. The molecule has 1 fully saturated rings. The van der Waals surface area contributed by atoms with Crippen molar-refractivity contribution in [1.29, 1.82) is 0 Å². The molecule has 0 radical (unpaired) electrons. The second-order valence-electron chi connectivity index (χ2n) is 5.96. The van der Waals surface area contributed by atoms with Crippen LogP contribution in [0.1, 0.15) is 29.1 Å². The smallest absolute Gasteiger partial charge is 0.282 e. The van der Waals surface area contributed by atoms with Crippen molar-refractivity contribution in [3.8, 4) is 0 Å². The number of aryl methyl sites for hydroxylation is 1. The standard InChI is InChI=1S/C17H16FN3O3S/c1-10-8-13(20-24-10)16(22)21(9-11-4-3-7-23-11)17-19-15-12(18)5-2-6-14(15)25-17/h2,5-6,8,11H,3-4,7,9H2,1H3/t11-/m1/s1. The lowest BCUT2D eigenvalue weighted by Crippen LogP contribution is -2.37. The topological polar surface area (TPSA) is 68.5 Å². The van der Waals surface area contributed by atoms with Crippen LogP contribution in [0.4, 0.5) is 9.52 Å². The highest BCUT2D eigenvalue weighted by atomic mass is 32.1. The van der Waals surface area contributed by atoms with Gasteiger partial charge in [-0.25, -0.2) is 9.37 Å². The average molecular weight is 361 g/mol. The van der Waals surface area contributed by atoms with Gasteiger partial charge in [0.15, 0.2) is 10.8 Å². The van der Waals surface area contributed by atoms with Gasteiger partial charge in [0, 0.05) is 12.7 Å². The minimum Gasteiger partial charge on any atom is -0.376 e. The Morgan fingerprint density at radius 2 is 2.36 bits per heavy atom. The van der Waals surface area contributed by atoms with E-state index in [1.54, 1.807) is 25.1 Å². The number of benzene rings is 1. The first kappa shape index (κ1) is 16.2. The molecule has 0 N–H and O–H groups in total. The first-order chi connectivity index (χ1) is 12.1. The van der Waals surface area contributed by atoms with Crippen molar-refractivity contribution in [1.82, 2.24) is 10.1 Å². The van der Waals surface area contributed by atoms with Crippen molar-refractivity contribution in [3.05, 3.63) is 41.5 Å². The van der Waals surface area contributed by atoms with Crippen molar-refractivity contribution in [2.45, 2.75) is 25.9 Å². The summed E-state index contributed by atoms with van der Waals surface area (Å²) in [5, 5.41) is 4.24. The van der Waals surface area contributed by atoms with Crippen molar-refractivity contribution in [2.75, 3.05) is 18.1 Å². The quantitative estimate of drug-likeness (QED) is 0.711. The minimum absolute atomic E-state index is 0.0613. The van der Waals surface area contributed by atoms with Gasteiger partial charge in [0.1, 0.15) is 17.1 Å². The molecule has 1 atom stereocenters. The fourth-order valence-electron chi connectivity index (χ4n) is 2.86. The van der Waals surface area contributed by atoms with Gasteiger partial charge in [-0.3, -0.25) is 9.69 Å². The van der Waals surface area contributed by atoms with Gasteiger partial charge >= 0.3 is 0 Å². The number of rotatable bonds is 4. The number of halogens is 1. The van der Waals surface area contributed by atoms with Gasteiger partial charge in [-0.05, 0) is 31.9 Å². The number of anilines is 1. The van der Waals surface area contributed by atoms with Crippen molar-refractivity contribution >= 4 is 32.6 Å². The normalized spacial score (nSPS) is 17.3. The molecule has 0 aliphatic carbocycles. The van der Waals surface area contributed by atoms with E-state index in [-0.39, 0.29) is 23.2 Å². The number of carbonyl (C=O) groups excluding carboxylic acids is 1. The van der Waals surface area contributed by atoms with E-state index in [9.17, 15) is 9.18 Å². The summed E-state index contributed by atoms with van der Waals surface area (Å²) in [7, 11) is 0. The summed E-state index contributed by atoms with van der Waals surface area (Å²) in [6.07, 6.45) is 1.78. The van der Waals surface area contributed by atoms with E-state index in [0.29, 0.717) is 28.7 Å². The fraction of sp³-hybridized carbons (Fsp3) is 0.353. The molecule has 1 aromatic carbocycles. The fourth-order valence-corrected chi connectivity index (χ4v) is 3.85. The first-order valence-electron chi connectivity index (χ1n) is 8.03. The Balaban J connectivity index is 1.72. The second kappa shape index (κ2) is 6.53. The molecule has 8 heteroatoms. The van der Waals surface area contributed by atoms with Crippen LogP contribution in [0.3, 0.4) is 0 Å². The summed E-state index contributed by atoms with van der Waals surface area (Å²) in [5.74, 6) is -0.177. The number of aromatic nitrogens is 2. The maximum Gasteiger partial charge on any atom is 0.282 e. The van der Waals surface area contributed by atoms with E-state index in [1.165, 1.54) is 22.3 Å². The molecule has 1 aliphatic heterocycles. The molecule has 0 bridgehead atoms. The number of carbonyl (C=O) groups is 1. The van der Waals surface area contributed by atoms with Crippen molar-refractivity contribution < 1.29 is 18.4 Å². The van der Waals surface area contributed by atoms with E-state index in [2.05, 4.69) is 10.1 Å². The highest BCUT2D eigenvalue weighted by Crippen LogP contribution is 2.32. The Kier molecular flexibility index (Phi) is 4.22. The Bertz CT molecular complexity index is 917. The number of thiazole rings is 1. The van der Waals surface area contributed by atoms with Gasteiger partial charge in [-0.1, -0.05) is 22.6 Å². The predicted molar refractivity (Wildman–Crippen MR) is 91.5 cm³/mol. The van der Waals surface area contributed by atoms with Crippen LogP contribution in [0.5, 0.6) is 0 Å². The molecule has 2 aromatic heterocycles. The third-order valence-corrected chi connectivity index (χ3v) is 5.14. The molecule has 0 unspecified atom stereocenters. The zero-order valence-electron chi connectivity index (χ0n) is 13.6. The lowest BCUT2D eigenvalue weighted by atomic mass is 10.2. The number of para-hydroxylation sites is 1. The number of fused-ring (bicyclic) bond motifs is 1. The van der Waals surface area contributed by atoms with Gasteiger partial charge < -0.3 is 9.26 Å². The van der Waals surface area contributed by atoms with Crippen LogP contribution in [-0.2, 0) is 4.74 Å². The Morgan fingerprint density at radius 1 is 1.48 bits per heavy atom. The van der Waals surface area contributed by atoms with E-state index < -0.39 is 5.82 Å². The zero-order chi connectivity index (χ0) is 17.4. The molecule has 1 saturated heterocycles. The summed E-state index contributed by atoms with van der Waals surface area (Å²) >= 11 is 1.27. The largest absolute Gasteiger partial charge is 0.376 e. The van der Waals surface area contributed by atoms with E-state index >= 15 is 0 Å². The SMILES string of the molecule is Cc1cc(C(=O)N(C[C@H]2CCCO2)c2nc3c(F)cccc3s2)no1. The Labute approximate surface area is 147 Å². The lowest BCUT2D eigenvalue weighted by molar-refractivity contribution is 0.0910. The van der Waals surface area contributed by atoms with E-state index in [1.807, 2.05) is 0 Å². The molecule has 1 aliphatic rings. The number of ether oxygens (including phenoxy) is 1. The van der Waals surface area contributed by atoms with Crippen LogP contribution in [0.2, 0.25) is 0 Å². The number of nitrogens with zero attached hydrogens (tertiary/aromatic N) is 3. The summed E-state index contributed by atoms with van der Waals surface area (Å²) < 4.78 is 25.3. The summed E-state index contributed by atoms with van der Waals surface area (Å²) in [5.41, 5.74) is 0.471. The number of hydrogen-bond acceptors (Lipinski definition) is 6. The van der Waals surface area contributed by atoms with Gasteiger partial charge in [0.05, 0.1) is 17.3 Å². The molecular weight excluding hydrogens is 345 g/mol. The third-order valence-electron chi connectivity index (χ3n) is 4.09. The van der Waals surface area contributed by atoms with Crippen LogP contribution in [0.15, 0.2) is 28.8 Å². The maximum atomic E-state index is 14.0. The molecule has 130 valence electrons. The van der Waals surface area contributed by atoms with Gasteiger partial charge in [-0.15, -0.1) is 0 Å².